The standard InChI is InChI=1S/C17H19NO4S2/c1-11-4-6-13(7-5-11)10-14-15(19)18(17(23)24-14)12(2)16(20)22-9-8-21-3/h4-7,10,12H,8-9H2,1-3H3/b14-10-/t12-/m0/s1. The number of thiocarbonyl (C=S) groups is 1. The number of amides is 1. The highest BCUT2D eigenvalue weighted by Gasteiger charge is 2.38. The third-order valence-corrected chi connectivity index (χ3v) is 4.79. The van der Waals surface area contributed by atoms with Crippen molar-refractivity contribution < 1.29 is 19.1 Å². The van der Waals surface area contributed by atoms with Crippen molar-refractivity contribution in [3.8, 4) is 0 Å². The number of carbonyl (C=O) groups excluding carboxylic acids is 2. The van der Waals surface area contributed by atoms with Crippen molar-refractivity contribution in [2.45, 2.75) is 19.9 Å². The molecule has 0 aliphatic carbocycles. The van der Waals surface area contributed by atoms with Gasteiger partial charge in [0.05, 0.1) is 11.5 Å². The average Bonchev–Trinajstić information content (AvgIpc) is 2.83. The Morgan fingerprint density at radius 2 is 2.00 bits per heavy atom. The first-order chi connectivity index (χ1) is 11.4. The molecule has 1 aliphatic rings. The van der Waals surface area contributed by atoms with Crippen LogP contribution in [0.5, 0.6) is 0 Å². The molecule has 0 saturated carbocycles. The van der Waals surface area contributed by atoms with Crippen molar-refractivity contribution in [1.29, 1.82) is 0 Å². The van der Waals surface area contributed by atoms with Gasteiger partial charge in [-0.05, 0) is 25.5 Å². The average molecular weight is 365 g/mol. The second-order valence-corrected chi connectivity index (χ2v) is 6.97. The van der Waals surface area contributed by atoms with Gasteiger partial charge in [-0.15, -0.1) is 0 Å². The van der Waals surface area contributed by atoms with Gasteiger partial charge in [-0.2, -0.15) is 0 Å². The number of carbonyl (C=O) groups is 2. The SMILES string of the molecule is COCCOC(=O)[C@H](C)N1C(=O)/C(=C/c2ccc(C)cc2)SC1=S. The number of nitrogens with zero attached hydrogens (tertiary/aromatic N) is 1. The molecule has 2 rings (SSSR count). The highest BCUT2D eigenvalue weighted by Crippen LogP contribution is 2.34. The molecule has 24 heavy (non-hydrogen) atoms. The smallest absolute Gasteiger partial charge is 0.329 e. The maximum atomic E-state index is 12.6. The Hall–Kier alpha value is -1.70. The molecule has 1 amide bonds. The van der Waals surface area contributed by atoms with Gasteiger partial charge in [0.15, 0.2) is 0 Å². The minimum Gasteiger partial charge on any atom is -0.462 e. The van der Waals surface area contributed by atoms with Crippen LogP contribution >= 0.6 is 24.0 Å². The number of benzene rings is 1. The van der Waals surface area contributed by atoms with Gasteiger partial charge in [0.25, 0.3) is 5.91 Å². The molecule has 1 aromatic carbocycles. The van der Waals surface area contributed by atoms with Crippen molar-refractivity contribution in [3.05, 3.63) is 40.3 Å². The van der Waals surface area contributed by atoms with Gasteiger partial charge in [0.1, 0.15) is 17.0 Å². The zero-order chi connectivity index (χ0) is 17.7. The lowest BCUT2D eigenvalue weighted by atomic mass is 10.1. The first-order valence-corrected chi connectivity index (χ1v) is 8.66. The van der Waals surface area contributed by atoms with Crippen LogP contribution in [0.1, 0.15) is 18.1 Å². The van der Waals surface area contributed by atoms with Crippen molar-refractivity contribution in [3.63, 3.8) is 0 Å². The van der Waals surface area contributed by atoms with Crippen LogP contribution in [0.3, 0.4) is 0 Å². The van der Waals surface area contributed by atoms with Crippen LogP contribution in [0.4, 0.5) is 0 Å². The Labute approximate surface area is 151 Å². The molecule has 1 aromatic rings. The summed E-state index contributed by atoms with van der Waals surface area (Å²) in [5.41, 5.74) is 2.06. The first kappa shape index (κ1) is 18.6. The van der Waals surface area contributed by atoms with E-state index in [2.05, 4.69) is 0 Å². The summed E-state index contributed by atoms with van der Waals surface area (Å²) in [6.07, 6.45) is 1.78. The van der Waals surface area contributed by atoms with Crippen LogP contribution in [-0.4, -0.2) is 47.5 Å². The lowest BCUT2D eigenvalue weighted by Gasteiger charge is -2.21. The summed E-state index contributed by atoms with van der Waals surface area (Å²) in [7, 11) is 1.52. The molecule has 0 spiro atoms. The summed E-state index contributed by atoms with van der Waals surface area (Å²) < 4.78 is 10.3. The molecule has 0 bridgehead atoms. The topological polar surface area (TPSA) is 55.8 Å². The second kappa shape index (κ2) is 8.41. The van der Waals surface area contributed by atoms with Crippen LogP contribution in [0.15, 0.2) is 29.2 Å². The van der Waals surface area contributed by atoms with Crippen LogP contribution in [-0.2, 0) is 19.1 Å². The third-order valence-electron chi connectivity index (χ3n) is 3.46. The lowest BCUT2D eigenvalue weighted by Crippen LogP contribution is -2.42. The number of methoxy groups -OCH3 is 1. The van der Waals surface area contributed by atoms with E-state index in [0.29, 0.717) is 15.8 Å². The molecule has 0 N–H and O–H groups in total. The predicted molar refractivity (Wildman–Crippen MR) is 98.5 cm³/mol. The molecular formula is C17H19NO4S2. The number of aryl methyl sites for hydroxylation is 1. The fourth-order valence-corrected chi connectivity index (χ4v) is 3.50. The Morgan fingerprint density at radius 1 is 1.33 bits per heavy atom. The van der Waals surface area contributed by atoms with E-state index in [1.54, 1.807) is 13.0 Å². The number of hydrogen-bond donors (Lipinski definition) is 0. The molecule has 1 fully saturated rings. The quantitative estimate of drug-likeness (QED) is 0.334. The fourth-order valence-electron chi connectivity index (χ4n) is 2.08. The molecule has 5 nitrogen and oxygen atoms in total. The summed E-state index contributed by atoms with van der Waals surface area (Å²) in [6, 6.07) is 7.05. The van der Waals surface area contributed by atoms with E-state index >= 15 is 0 Å². The molecule has 128 valence electrons. The van der Waals surface area contributed by atoms with Crippen LogP contribution in [0.2, 0.25) is 0 Å². The highest BCUT2D eigenvalue weighted by molar-refractivity contribution is 8.26. The van der Waals surface area contributed by atoms with E-state index in [0.717, 1.165) is 11.1 Å². The Bertz CT molecular complexity index is 670. The minimum atomic E-state index is -0.765. The zero-order valence-corrected chi connectivity index (χ0v) is 15.4. The summed E-state index contributed by atoms with van der Waals surface area (Å²) in [5.74, 6) is -0.776. The molecule has 1 atom stereocenters. The van der Waals surface area contributed by atoms with Gasteiger partial charge in [-0.25, -0.2) is 4.79 Å². The first-order valence-electron chi connectivity index (χ1n) is 7.43. The number of ether oxygens (including phenoxy) is 2. The molecule has 1 heterocycles. The van der Waals surface area contributed by atoms with E-state index in [-0.39, 0.29) is 12.5 Å². The van der Waals surface area contributed by atoms with Crippen molar-refractivity contribution in [2.75, 3.05) is 20.3 Å². The van der Waals surface area contributed by atoms with Crippen molar-refractivity contribution in [1.82, 2.24) is 4.90 Å². The summed E-state index contributed by atoms with van der Waals surface area (Å²) >= 11 is 6.45. The third kappa shape index (κ3) is 4.43. The van der Waals surface area contributed by atoms with Crippen molar-refractivity contribution >= 4 is 46.3 Å². The Kier molecular flexibility index (Phi) is 6.53. The normalized spacial score (nSPS) is 17.5. The molecular weight excluding hydrogens is 346 g/mol. The summed E-state index contributed by atoms with van der Waals surface area (Å²) in [4.78, 5) is 26.4. The van der Waals surface area contributed by atoms with Gasteiger partial charge < -0.3 is 9.47 Å². The summed E-state index contributed by atoms with van der Waals surface area (Å²) in [6.45, 7) is 4.06. The van der Waals surface area contributed by atoms with Crippen LogP contribution in [0.25, 0.3) is 6.08 Å². The van der Waals surface area contributed by atoms with E-state index in [1.807, 2.05) is 31.2 Å². The monoisotopic (exact) mass is 365 g/mol. The lowest BCUT2D eigenvalue weighted by molar-refractivity contribution is -0.151. The number of rotatable bonds is 6. The van der Waals surface area contributed by atoms with Crippen molar-refractivity contribution in [2.24, 2.45) is 0 Å². The predicted octanol–water partition coefficient (Wildman–Crippen LogP) is 2.77. The van der Waals surface area contributed by atoms with Crippen LogP contribution in [0, 0.1) is 6.92 Å². The minimum absolute atomic E-state index is 0.146. The van der Waals surface area contributed by atoms with Gasteiger partial charge in [0, 0.05) is 7.11 Å². The molecule has 0 unspecified atom stereocenters. The maximum absolute atomic E-state index is 12.6. The molecule has 7 heteroatoms. The number of thioether (sulfide) groups is 1. The second-order valence-electron chi connectivity index (χ2n) is 5.30. The van der Waals surface area contributed by atoms with E-state index < -0.39 is 12.0 Å². The largest absolute Gasteiger partial charge is 0.462 e. The highest BCUT2D eigenvalue weighted by atomic mass is 32.2. The van der Waals surface area contributed by atoms with E-state index in [4.69, 9.17) is 21.7 Å². The van der Waals surface area contributed by atoms with Gasteiger partial charge in [-0.1, -0.05) is 53.8 Å². The van der Waals surface area contributed by atoms with Gasteiger partial charge in [-0.3, -0.25) is 9.69 Å². The zero-order valence-electron chi connectivity index (χ0n) is 13.8. The molecule has 1 aliphatic heterocycles. The number of esters is 1. The molecule has 1 saturated heterocycles. The molecule has 0 aromatic heterocycles. The Balaban J connectivity index is 2.10. The Morgan fingerprint density at radius 3 is 2.62 bits per heavy atom. The van der Waals surface area contributed by atoms with Gasteiger partial charge >= 0.3 is 5.97 Å². The van der Waals surface area contributed by atoms with E-state index in [1.165, 1.54) is 23.8 Å². The van der Waals surface area contributed by atoms with E-state index in [9.17, 15) is 9.59 Å². The summed E-state index contributed by atoms with van der Waals surface area (Å²) in [5, 5.41) is 0. The number of hydrogen-bond acceptors (Lipinski definition) is 6. The fraction of sp³-hybridized carbons (Fsp3) is 0.353. The molecule has 0 radical (unpaired) electrons. The van der Waals surface area contributed by atoms with Gasteiger partial charge in [0.2, 0.25) is 0 Å². The maximum Gasteiger partial charge on any atom is 0.329 e. The van der Waals surface area contributed by atoms with Crippen LogP contribution < -0.4 is 0 Å².